The summed E-state index contributed by atoms with van der Waals surface area (Å²) in [6, 6.07) is 5.82. The van der Waals surface area contributed by atoms with E-state index in [-0.39, 0.29) is 24.3 Å². The van der Waals surface area contributed by atoms with Crippen molar-refractivity contribution in [3.63, 3.8) is 0 Å². The Bertz CT molecular complexity index is 715. The van der Waals surface area contributed by atoms with Gasteiger partial charge in [-0.3, -0.25) is 19.3 Å². The number of unbranched alkanes of at least 4 members (excludes halogenated alkanes) is 1. The second-order valence-electron chi connectivity index (χ2n) is 6.62. The van der Waals surface area contributed by atoms with Crippen LogP contribution in [-0.4, -0.2) is 57.7 Å². The van der Waals surface area contributed by atoms with E-state index in [9.17, 15) is 14.4 Å². The molecule has 0 spiro atoms. The van der Waals surface area contributed by atoms with E-state index >= 15 is 0 Å². The van der Waals surface area contributed by atoms with Gasteiger partial charge in [0.25, 0.3) is 0 Å². The van der Waals surface area contributed by atoms with Gasteiger partial charge in [0.1, 0.15) is 4.32 Å². The fourth-order valence-electron chi connectivity index (χ4n) is 2.83. The van der Waals surface area contributed by atoms with Gasteiger partial charge < -0.3 is 10.2 Å². The van der Waals surface area contributed by atoms with Crippen LogP contribution < -0.4 is 5.32 Å². The smallest absolute Gasteiger partial charge is 0.243 e. The number of hydrogen-bond acceptors (Lipinski definition) is 5. The summed E-state index contributed by atoms with van der Waals surface area (Å²) in [4.78, 5) is 39.1. The molecule has 1 aliphatic heterocycles. The lowest BCUT2D eigenvalue weighted by molar-refractivity contribution is -0.133. The van der Waals surface area contributed by atoms with E-state index in [1.54, 1.807) is 11.9 Å². The summed E-state index contributed by atoms with van der Waals surface area (Å²) in [6.07, 6.45) is 1.70. The van der Waals surface area contributed by atoms with Crippen LogP contribution in [0.2, 0.25) is 0 Å². The van der Waals surface area contributed by atoms with Gasteiger partial charge in [0.2, 0.25) is 17.7 Å². The minimum absolute atomic E-state index is 0.0118. The molecule has 1 aliphatic rings. The average Bonchev–Trinajstić information content (AvgIpc) is 2.93. The largest absolute Gasteiger partial charge is 0.336 e. The number of nitrogens with one attached hydrogen (secondary N) is 1. The minimum atomic E-state index is -0.215. The Labute approximate surface area is 169 Å². The predicted octanol–water partition coefficient (Wildman–Crippen LogP) is 2.73. The Morgan fingerprint density at radius 2 is 1.93 bits per heavy atom. The van der Waals surface area contributed by atoms with Crippen LogP contribution >= 0.6 is 24.0 Å². The first kappa shape index (κ1) is 21.4. The van der Waals surface area contributed by atoms with Crippen molar-refractivity contribution in [1.82, 2.24) is 9.80 Å². The molecule has 8 heteroatoms. The Morgan fingerprint density at radius 1 is 1.26 bits per heavy atom. The van der Waals surface area contributed by atoms with Crippen LogP contribution in [0.25, 0.3) is 0 Å². The highest BCUT2D eigenvalue weighted by Gasteiger charge is 2.25. The number of carbonyl (C=O) groups is 3. The van der Waals surface area contributed by atoms with Crippen molar-refractivity contribution in [1.29, 1.82) is 0 Å². The first-order valence-electron chi connectivity index (χ1n) is 8.86. The molecule has 1 fully saturated rings. The monoisotopic (exact) mass is 407 g/mol. The number of thioether (sulfide) groups is 1. The molecule has 0 bridgehead atoms. The van der Waals surface area contributed by atoms with Crippen LogP contribution in [0.1, 0.15) is 30.4 Å². The highest BCUT2D eigenvalue weighted by atomic mass is 32.2. The summed E-state index contributed by atoms with van der Waals surface area (Å²) in [5.74, 6) is 0.150. The third kappa shape index (κ3) is 6.04. The van der Waals surface area contributed by atoms with Crippen LogP contribution in [0.4, 0.5) is 5.69 Å². The Balaban J connectivity index is 1.72. The van der Waals surface area contributed by atoms with Crippen LogP contribution in [0.15, 0.2) is 18.2 Å². The van der Waals surface area contributed by atoms with Gasteiger partial charge in [-0.25, -0.2) is 0 Å². The van der Waals surface area contributed by atoms with Crippen LogP contribution in [0.5, 0.6) is 0 Å². The molecule has 1 saturated heterocycles. The highest BCUT2D eigenvalue weighted by Crippen LogP contribution is 2.20. The molecular formula is C19H25N3O3S2. The fraction of sp³-hybridized carbons (Fsp3) is 0.474. The number of amides is 3. The zero-order valence-electron chi connectivity index (χ0n) is 15.9. The lowest BCUT2D eigenvalue weighted by Crippen LogP contribution is -2.35. The van der Waals surface area contributed by atoms with Crippen molar-refractivity contribution >= 4 is 51.7 Å². The summed E-state index contributed by atoms with van der Waals surface area (Å²) < 4.78 is 0.617. The maximum atomic E-state index is 12.2. The number of carbonyl (C=O) groups excluding carboxylic acids is 3. The van der Waals surface area contributed by atoms with Crippen LogP contribution in [0.3, 0.4) is 0 Å². The molecule has 1 aromatic carbocycles. The van der Waals surface area contributed by atoms with E-state index in [0.717, 1.165) is 16.8 Å². The van der Waals surface area contributed by atoms with Crippen molar-refractivity contribution in [3.05, 3.63) is 29.3 Å². The van der Waals surface area contributed by atoms with Crippen molar-refractivity contribution in [2.45, 2.75) is 33.1 Å². The summed E-state index contributed by atoms with van der Waals surface area (Å²) in [7, 11) is 1.63. The van der Waals surface area contributed by atoms with Crippen LogP contribution in [0, 0.1) is 13.8 Å². The van der Waals surface area contributed by atoms with E-state index in [2.05, 4.69) is 5.32 Å². The second kappa shape index (κ2) is 9.85. The molecule has 146 valence electrons. The highest BCUT2D eigenvalue weighted by molar-refractivity contribution is 8.23. The first-order valence-corrected chi connectivity index (χ1v) is 10.3. The normalized spacial score (nSPS) is 13.8. The standard InChI is InChI=1S/C19H25N3O3S2/c1-13-7-6-8-14(2)18(13)20-15(23)11-21(3)16(24)9-4-5-10-22-17(25)12-27-19(22)26/h6-8H,4-5,9-12H2,1-3H3,(H,20,23). The minimum Gasteiger partial charge on any atom is -0.336 e. The van der Waals surface area contributed by atoms with Gasteiger partial charge in [0.05, 0.1) is 12.3 Å². The van der Waals surface area contributed by atoms with Gasteiger partial charge >= 0.3 is 0 Å². The third-order valence-corrected chi connectivity index (χ3v) is 5.85. The SMILES string of the molecule is Cc1cccc(C)c1NC(=O)CN(C)C(=O)CCCCN1C(=O)CSC1=S. The Kier molecular flexibility index (Phi) is 7.79. The predicted molar refractivity (Wildman–Crippen MR) is 113 cm³/mol. The van der Waals surface area contributed by atoms with E-state index in [0.29, 0.717) is 35.9 Å². The molecule has 1 aromatic rings. The van der Waals surface area contributed by atoms with Gasteiger partial charge in [-0.2, -0.15) is 0 Å². The summed E-state index contributed by atoms with van der Waals surface area (Å²) in [5.41, 5.74) is 2.78. The Hall–Kier alpha value is -1.93. The second-order valence-corrected chi connectivity index (χ2v) is 8.23. The molecule has 0 unspecified atom stereocenters. The topological polar surface area (TPSA) is 69.7 Å². The summed E-state index contributed by atoms with van der Waals surface area (Å²) in [6.45, 7) is 4.44. The third-order valence-electron chi connectivity index (χ3n) is 4.41. The Morgan fingerprint density at radius 3 is 2.52 bits per heavy atom. The van der Waals surface area contributed by atoms with Crippen molar-refractivity contribution < 1.29 is 14.4 Å². The molecule has 0 aromatic heterocycles. The summed E-state index contributed by atoms with van der Waals surface area (Å²) >= 11 is 6.51. The fourth-order valence-corrected chi connectivity index (χ4v) is 3.95. The maximum Gasteiger partial charge on any atom is 0.243 e. The van der Waals surface area contributed by atoms with Crippen molar-refractivity contribution in [2.24, 2.45) is 0 Å². The molecule has 0 radical (unpaired) electrons. The molecule has 27 heavy (non-hydrogen) atoms. The number of benzene rings is 1. The quantitative estimate of drug-likeness (QED) is 0.530. The molecule has 2 rings (SSSR count). The number of para-hydroxylation sites is 1. The van der Waals surface area contributed by atoms with Gasteiger partial charge in [-0.15, -0.1) is 0 Å². The molecule has 3 amide bonds. The molecule has 6 nitrogen and oxygen atoms in total. The van der Waals surface area contributed by atoms with E-state index in [4.69, 9.17) is 12.2 Å². The van der Waals surface area contributed by atoms with E-state index in [1.807, 2.05) is 32.0 Å². The first-order chi connectivity index (χ1) is 12.8. The molecule has 1 heterocycles. The van der Waals surface area contributed by atoms with E-state index < -0.39 is 0 Å². The van der Waals surface area contributed by atoms with Gasteiger partial charge in [0, 0.05) is 25.7 Å². The lowest BCUT2D eigenvalue weighted by atomic mass is 10.1. The molecule has 0 saturated carbocycles. The number of hydrogen-bond donors (Lipinski definition) is 1. The van der Waals surface area contributed by atoms with Gasteiger partial charge in [0.15, 0.2) is 0 Å². The molecule has 1 N–H and O–H groups in total. The van der Waals surface area contributed by atoms with Gasteiger partial charge in [-0.1, -0.05) is 42.2 Å². The van der Waals surface area contributed by atoms with E-state index in [1.165, 1.54) is 16.7 Å². The number of likely N-dealkylation sites (N-methyl/N-ethyl adjacent to an activating group) is 1. The zero-order chi connectivity index (χ0) is 20.0. The lowest BCUT2D eigenvalue weighted by Gasteiger charge is -2.19. The molecule has 0 atom stereocenters. The number of thiocarbonyl (C=S) groups is 1. The van der Waals surface area contributed by atoms with Crippen molar-refractivity contribution in [3.8, 4) is 0 Å². The molecule has 0 aliphatic carbocycles. The van der Waals surface area contributed by atoms with Gasteiger partial charge in [-0.05, 0) is 37.8 Å². The number of aryl methyl sites for hydroxylation is 2. The average molecular weight is 408 g/mol. The van der Waals surface area contributed by atoms with Crippen molar-refractivity contribution in [2.75, 3.05) is 31.2 Å². The number of nitrogens with zero attached hydrogens (tertiary/aromatic N) is 2. The summed E-state index contributed by atoms with van der Waals surface area (Å²) in [5, 5.41) is 2.88. The molecular weight excluding hydrogens is 382 g/mol. The number of rotatable bonds is 8. The maximum absolute atomic E-state index is 12.2. The van der Waals surface area contributed by atoms with Crippen LogP contribution in [-0.2, 0) is 14.4 Å². The number of anilines is 1. The zero-order valence-corrected chi connectivity index (χ0v) is 17.5.